The van der Waals surface area contributed by atoms with E-state index in [1.54, 1.807) is 0 Å². The molecule has 1 fully saturated rings. The summed E-state index contributed by atoms with van der Waals surface area (Å²) < 4.78 is 0. The minimum absolute atomic E-state index is 0.498. The molecule has 1 atom stereocenters. The molecule has 0 bridgehead atoms. The predicted octanol–water partition coefficient (Wildman–Crippen LogP) is 0.898. The maximum atomic E-state index is 8.20. The van der Waals surface area contributed by atoms with Crippen LogP contribution in [-0.2, 0) is 0 Å². The number of nitriles is 1. The largest absolute Gasteiger partial charge is 0.302 e. The molecule has 1 aliphatic carbocycles. The van der Waals surface area contributed by atoms with Crippen LogP contribution in [0.15, 0.2) is 0 Å². The zero-order valence-corrected chi connectivity index (χ0v) is 5.72. The predicted molar refractivity (Wildman–Crippen MR) is 35.8 cm³/mol. The molecular formula is C7H12N2. The van der Waals surface area contributed by atoms with E-state index in [9.17, 15) is 0 Å². The van der Waals surface area contributed by atoms with Crippen LogP contribution in [0.1, 0.15) is 19.8 Å². The molecule has 50 valence electrons. The van der Waals surface area contributed by atoms with Crippen molar-refractivity contribution in [1.29, 1.82) is 5.26 Å². The molecule has 0 aromatic carbocycles. The van der Waals surface area contributed by atoms with Gasteiger partial charge >= 0.3 is 0 Å². The highest BCUT2D eigenvalue weighted by Gasteiger charge is 2.26. The van der Waals surface area contributed by atoms with Crippen LogP contribution < -0.4 is 5.32 Å². The third-order valence-corrected chi connectivity index (χ3v) is 1.83. The Morgan fingerprint density at radius 2 is 2.44 bits per heavy atom. The Labute approximate surface area is 55.9 Å². The van der Waals surface area contributed by atoms with Gasteiger partial charge in [0.25, 0.3) is 0 Å². The highest BCUT2D eigenvalue weighted by atomic mass is 14.9. The van der Waals surface area contributed by atoms with Crippen molar-refractivity contribution < 1.29 is 0 Å². The summed E-state index contributed by atoms with van der Waals surface area (Å²) >= 11 is 0. The van der Waals surface area contributed by atoms with E-state index in [1.165, 1.54) is 12.8 Å². The van der Waals surface area contributed by atoms with Gasteiger partial charge in [-0.25, -0.2) is 0 Å². The standard InChI is InChI=1S/C7H12N2/c1-6(7-2-3-7)9-5-4-8/h6-7,9H,2-3,5H2,1H3/t6-/m0/s1. The van der Waals surface area contributed by atoms with Crippen molar-refractivity contribution in [3.8, 4) is 6.07 Å². The van der Waals surface area contributed by atoms with Crippen LogP contribution in [0.25, 0.3) is 0 Å². The Bertz CT molecular complexity index is 121. The average Bonchev–Trinajstić information content (AvgIpc) is 2.63. The minimum Gasteiger partial charge on any atom is -0.302 e. The first-order valence-corrected chi connectivity index (χ1v) is 3.45. The van der Waals surface area contributed by atoms with Crippen LogP contribution in [0.2, 0.25) is 0 Å². The topological polar surface area (TPSA) is 35.8 Å². The minimum atomic E-state index is 0.498. The summed E-state index contributed by atoms with van der Waals surface area (Å²) in [5.74, 6) is 0.860. The van der Waals surface area contributed by atoms with E-state index in [1.807, 2.05) is 0 Å². The first-order chi connectivity index (χ1) is 4.34. The van der Waals surface area contributed by atoms with Gasteiger partial charge in [-0.1, -0.05) is 0 Å². The number of nitrogens with zero attached hydrogens (tertiary/aromatic N) is 1. The Balaban J connectivity index is 2.04. The number of rotatable bonds is 3. The van der Waals surface area contributed by atoms with E-state index in [0.29, 0.717) is 12.6 Å². The van der Waals surface area contributed by atoms with Gasteiger partial charge < -0.3 is 5.32 Å². The fourth-order valence-electron chi connectivity index (χ4n) is 0.970. The molecule has 1 saturated carbocycles. The molecule has 0 radical (unpaired) electrons. The maximum absolute atomic E-state index is 8.20. The van der Waals surface area contributed by atoms with Crippen LogP contribution in [0.3, 0.4) is 0 Å². The molecule has 0 spiro atoms. The quantitative estimate of drug-likeness (QED) is 0.567. The molecule has 0 aliphatic heterocycles. The summed E-state index contributed by atoms with van der Waals surface area (Å²) in [5, 5.41) is 11.3. The molecule has 0 aromatic rings. The number of nitrogens with one attached hydrogen (secondary N) is 1. The Kier molecular flexibility index (Phi) is 2.07. The molecular weight excluding hydrogens is 112 g/mol. The second-order valence-corrected chi connectivity index (χ2v) is 2.67. The lowest BCUT2D eigenvalue weighted by Gasteiger charge is -2.07. The molecule has 9 heavy (non-hydrogen) atoms. The van der Waals surface area contributed by atoms with Crippen LogP contribution in [0.5, 0.6) is 0 Å². The Hall–Kier alpha value is -0.550. The van der Waals surface area contributed by atoms with Crippen molar-refractivity contribution in [1.82, 2.24) is 5.32 Å². The first kappa shape index (κ1) is 6.57. The second-order valence-electron chi connectivity index (χ2n) is 2.67. The molecule has 1 rings (SSSR count). The third kappa shape index (κ3) is 2.03. The van der Waals surface area contributed by atoms with E-state index >= 15 is 0 Å². The molecule has 0 saturated heterocycles. The van der Waals surface area contributed by atoms with E-state index in [4.69, 9.17) is 5.26 Å². The fraction of sp³-hybridized carbons (Fsp3) is 0.857. The lowest BCUT2D eigenvalue weighted by molar-refractivity contribution is 0.526. The summed E-state index contributed by atoms with van der Waals surface area (Å²) in [7, 11) is 0. The highest BCUT2D eigenvalue weighted by Crippen LogP contribution is 2.31. The zero-order chi connectivity index (χ0) is 6.69. The van der Waals surface area contributed by atoms with Crippen molar-refractivity contribution in [3.05, 3.63) is 0 Å². The van der Waals surface area contributed by atoms with Gasteiger partial charge in [0.2, 0.25) is 0 Å². The molecule has 1 aliphatic rings. The summed E-state index contributed by atoms with van der Waals surface area (Å²) in [6.07, 6.45) is 2.69. The number of hydrogen-bond donors (Lipinski definition) is 1. The van der Waals surface area contributed by atoms with E-state index < -0.39 is 0 Å². The van der Waals surface area contributed by atoms with Crippen LogP contribution in [0, 0.1) is 17.2 Å². The number of hydrogen-bond acceptors (Lipinski definition) is 2. The second kappa shape index (κ2) is 2.84. The smallest absolute Gasteiger partial charge is 0.0843 e. The Morgan fingerprint density at radius 1 is 1.78 bits per heavy atom. The van der Waals surface area contributed by atoms with Crippen LogP contribution >= 0.6 is 0 Å². The van der Waals surface area contributed by atoms with Crippen LogP contribution in [-0.4, -0.2) is 12.6 Å². The monoisotopic (exact) mass is 124 g/mol. The van der Waals surface area contributed by atoms with Crippen molar-refractivity contribution in [3.63, 3.8) is 0 Å². The van der Waals surface area contributed by atoms with Crippen molar-refractivity contribution in [2.45, 2.75) is 25.8 Å². The van der Waals surface area contributed by atoms with E-state index in [0.717, 1.165) is 5.92 Å². The third-order valence-electron chi connectivity index (χ3n) is 1.83. The maximum Gasteiger partial charge on any atom is 0.0843 e. The SMILES string of the molecule is C[C@H](NCC#N)C1CC1. The van der Waals surface area contributed by atoms with Gasteiger partial charge in [-0.15, -0.1) is 0 Å². The molecule has 0 heterocycles. The zero-order valence-electron chi connectivity index (χ0n) is 5.72. The van der Waals surface area contributed by atoms with Gasteiger partial charge in [-0.3, -0.25) is 0 Å². The lowest BCUT2D eigenvalue weighted by atomic mass is 10.2. The molecule has 2 heteroatoms. The summed E-state index contributed by atoms with van der Waals surface area (Å²) in [4.78, 5) is 0. The first-order valence-electron chi connectivity index (χ1n) is 3.45. The van der Waals surface area contributed by atoms with Gasteiger partial charge in [0, 0.05) is 6.04 Å². The average molecular weight is 124 g/mol. The van der Waals surface area contributed by atoms with Gasteiger partial charge in [0.1, 0.15) is 0 Å². The van der Waals surface area contributed by atoms with E-state index in [2.05, 4.69) is 18.3 Å². The molecule has 2 nitrogen and oxygen atoms in total. The van der Waals surface area contributed by atoms with Crippen molar-refractivity contribution in [2.24, 2.45) is 5.92 Å². The molecule has 0 aromatic heterocycles. The van der Waals surface area contributed by atoms with Gasteiger partial charge in [0.05, 0.1) is 12.6 Å². The fourth-order valence-corrected chi connectivity index (χ4v) is 0.970. The van der Waals surface area contributed by atoms with E-state index in [-0.39, 0.29) is 0 Å². The summed E-state index contributed by atoms with van der Waals surface area (Å²) in [5.41, 5.74) is 0. The van der Waals surface area contributed by atoms with Gasteiger partial charge in [-0.05, 0) is 25.7 Å². The van der Waals surface area contributed by atoms with Crippen molar-refractivity contribution >= 4 is 0 Å². The summed E-state index contributed by atoms with van der Waals surface area (Å²) in [6, 6.07) is 2.63. The summed E-state index contributed by atoms with van der Waals surface area (Å²) in [6.45, 7) is 2.65. The highest BCUT2D eigenvalue weighted by molar-refractivity contribution is 4.86. The normalized spacial score (nSPS) is 20.9. The lowest BCUT2D eigenvalue weighted by Crippen LogP contribution is -2.27. The Morgan fingerprint density at radius 3 is 2.89 bits per heavy atom. The molecule has 1 N–H and O–H groups in total. The van der Waals surface area contributed by atoms with Crippen molar-refractivity contribution in [2.75, 3.05) is 6.54 Å². The molecule has 0 amide bonds. The van der Waals surface area contributed by atoms with Gasteiger partial charge in [0.15, 0.2) is 0 Å². The molecule has 0 unspecified atom stereocenters. The van der Waals surface area contributed by atoms with Gasteiger partial charge in [-0.2, -0.15) is 5.26 Å². The van der Waals surface area contributed by atoms with Crippen LogP contribution in [0.4, 0.5) is 0 Å².